The van der Waals surface area contributed by atoms with E-state index < -0.39 is 5.97 Å². The predicted molar refractivity (Wildman–Crippen MR) is 93.0 cm³/mol. The van der Waals surface area contributed by atoms with Gasteiger partial charge < -0.3 is 14.5 Å². The van der Waals surface area contributed by atoms with Crippen LogP contribution < -0.4 is 5.32 Å². The van der Waals surface area contributed by atoms with Crippen molar-refractivity contribution in [2.24, 2.45) is 0 Å². The van der Waals surface area contributed by atoms with Gasteiger partial charge in [0.25, 0.3) is 5.91 Å². The number of carbonyl (C=O) groups is 2. The van der Waals surface area contributed by atoms with Crippen molar-refractivity contribution in [2.75, 3.05) is 6.61 Å². The summed E-state index contributed by atoms with van der Waals surface area (Å²) in [6.07, 6.45) is 4.31. The second-order valence-electron chi connectivity index (χ2n) is 6.09. The molecule has 2 aromatic rings. The van der Waals surface area contributed by atoms with Gasteiger partial charge in [0, 0.05) is 17.0 Å². The van der Waals surface area contributed by atoms with E-state index in [1.165, 1.54) is 0 Å². The van der Waals surface area contributed by atoms with Crippen molar-refractivity contribution in [3.8, 4) is 0 Å². The van der Waals surface area contributed by atoms with Crippen molar-refractivity contribution < 1.29 is 18.7 Å². The molecule has 1 aromatic heterocycles. The Bertz CT molecular complexity index is 704. The second kappa shape index (κ2) is 8.52. The van der Waals surface area contributed by atoms with Crippen LogP contribution in [0.2, 0.25) is 0 Å². The van der Waals surface area contributed by atoms with Crippen molar-refractivity contribution in [3.63, 3.8) is 0 Å². The fourth-order valence-electron chi connectivity index (χ4n) is 2.65. The largest absolute Gasteiger partial charge is 0.450 e. The first-order valence-electron chi connectivity index (χ1n) is 8.47. The maximum atomic E-state index is 12.1. The molecule has 0 spiro atoms. The maximum absolute atomic E-state index is 12.1. The van der Waals surface area contributed by atoms with E-state index in [9.17, 15) is 9.59 Å². The summed E-state index contributed by atoms with van der Waals surface area (Å²) in [5, 5.41) is 3.71. The standard InChI is InChI=1S/C19H25NO4/c1-4-5-6-9-13(2)20-17(21)12-23-19(22)18-14(3)15-10-7-8-11-16(15)24-18/h7-8,10-11,13H,4-6,9,12H2,1-3H3,(H,20,21)/t13-/m0/s1. The molecule has 1 atom stereocenters. The van der Waals surface area contributed by atoms with Crippen molar-refractivity contribution in [1.82, 2.24) is 5.32 Å². The molecule has 5 heteroatoms. The molecule has 130 valence electrons. The van der Waals surface area contributed by atoms with Gasteiger partial charge in [0.1, 0.15) is 5.58 Å². The van der Waals surface area contributed by atoms with Crippen molar-refractivity contribution in [2.45, 2.75) is 52.5 Å². The number of ether oxygens (including phenoxy) is 1. The summed E-state index contributed by atoms with van der Waals surface area (Å²) in [5.41, 5.74) is 1.36. The van der Waals surface area contributed by atoms with Crippen LogP contribution in [0.15, 0.2) is 28.7 Å². The average molecular weight is 331 g/mol. The van der Waals surface area contributed by atoms with Crippen LogP contribution in [-0.4, -0.2) is 24.5 Å². The van der Waals surface area contributed by atoms with Crippen molar-refractivity contribution in [1.29, 1.82) is 0 Å². The molecule has 5 nitrogen and oxygen atoms in total. The molecule has 1 N–H and O–H groups in total. The Morgan fingerprint density at radius 2 is 2.00 bits per heavy atom. The second-order valence-corrected chi connectivity index (χ2v) is 6.09. The van der Waals surface area contributed by atoms with Crippen LogP contribution in [0, 0.1) is 6.92 Å². The number of fused-ring (bicyclic) bond motifs is 1. The Kier molecular flexibility index (Phi) is 6.41. The number of hydrogen-bond donors (Lipinski definition) is 1. The van der Waals surface area contributed by atoms with E-state index in [2.05, 4.69) is 12.2 Å². The number of nitrogens with one attached hydrogen (secondary N) is 1. The lowest BCUT2D eigenvalue weighted by Crippen LogP contribution is -2.35. The van der Waals surface area contributed by atoms with Crippen LogP contribution in [0.1, 0.15) is 55.6 Å². The Morgan fingerprint density at radius 3 is 2.71 bits per heavy atom. The summed E-state index contributed by atoms with van der Waals surface area (Å²) in [4.78, 5) is 24.0. The monoisotopic (exact) mass is 331 g/mol. The number of hydrogen-bond acceptors (Lipinski definition) is 4. The molecule has 0 saturated heterocycles. The molecule has 0 aliphatic rings. The lowest BCUT2D eigenvalue weighted by atomic mass is 10.1. The highest BCUT2D eigenvalue weighted by Crippen LogP contribution is 2.25. The molecule has 0 bridgehead atoms. The fraction of sp³-hybridized carbons (Fsp3) is 0.474. The first-order chi connectivity index (χ1) is 11.5. The molecule has 1 heterocycles. The van der Waals surface area contributed by atoms with E-state index in [-0.39, 0.29) is 24.3 Å². The van der Waals surface area contributed by atoms with Crippen LogP contribution in [-0.2, 0) is 9.53 Å². The van der Waals surface area contributed by atoms with Gasteiger partial charge in [-0.25, -0.2) is 4.79 Å². The maximum Gasteiger partial charge on any atom is 0.375 e. The van der Waals surface area contributed by atoms with Gasteiger partial charge in [0.05, 0.1) is 0 Å². The molecule has 0 unspecified atom stereocenters. The van der Waals surface area contributed by atoms with Gasteiger partial charge in [-0.1, -0.05) is 44.4 Å². The van der Waals surface area contributed by atoms with Crippen LogP contribution in [0.25, 0.3) is 11.0 Å². The van der Waals surface area contributed by atoms with Gasteiger partial charge in [-0.3, -0.25) is 4.79 Å². The van der Waals surface area contributed by atoms with Gasteiger partial charge in [-0.2, -0.15) is 0 Å². The first-order valence-corrected chi connectivity index (χ1v) is 8.47. The van der Waals surface area contributed by atoms with Crippen LogP contribution in [0.3, 0.4) is 0 Å². The van der Waals surface area contributed by atoms with E-state index in [0.717, 1.165) is 36.6 Å². The lowest BCUT2D eigenvalue weighted by molar-refractivity contribution is -0.124. The smallest absolute Gasteiger partial charge is 0.375 e. The van der Waals surface area contributed by atoms with Crippen LogP contribution in [0.4, 0.5) is 0 Å². The molecule has 24 heavy (non-hydrogen) atoms. The minimum atomic E-state index is -0.613. The highest BCUT2D eigenvalue weighted by atomic mass is 16.5. The van der Waals surface area contributed by atoms with Crippen LogP contribution in [0.5, 0.6) is 0 Å². The first kappa shape index (κ1) is 18.0. The molecule has 0 radical (unpaired) electrons. The number of carbonyl (C=O) groups excluding carboxylic acids is 2. The SMILES string of the molecule is CCCCC[C@H](C)NC(=O)COC(=O)c1oc2ccccc2c1C. The molecule has 0 aliphatic heterocycles. The van der Waals surface area contributed by atoms with Gasteiger partial charge in [0.2, 0.25) is 5.76 Å². The minimum Gasteiger partial charge on any atom is -0.450 e. The molecule has 0 fully saturated rings. The molecular weight excluding hydrogens is 306 g/mol. The third kappa shape index (κ3) is 4.60. The number of unbranched alkanes of at least 4 members (excludes halogenated alkanes) is 2. The number of para-hydroxylation sites is 1. The van der Waals surface area contributed by atoms with E-state index in [1.807, 2.05) is 25.1 Å². The van der Waals surface area contributed by atoms with Gasteiger partial charge in [-0.05, 0) is 26.3 Å². The summed E-state index contributed by atoms with van der Waals surface area (Å²) in [6, 6.07) is 7.48. The van der Waals surface area contributed by atoms with Gasteiger partial charge in [0.15, 0.2) is 6.61 Å². The Hall–Kier alpha value is -2.30. The summed E-state index contributed by atoms with van der Waals surface area (Å²) < 4.78 is 10.6. The molecule has 2 rings (SSSR count). The van der Waals surface area contributed by atoms with E-state index in [0.29, 0.717) is 5.58 Å². The summed E-state index contributed by atoms with van der Waals surface area (Å²) in [5.74, 6) is -0.751. The minimum absolute atomic E-state index is 0.0793. The van der Waals surface area contributed by atoms with Crippen LogP contribution >= 0.6 is 0 Å². The van der Waals surface area contributed by atoms with Crippen molar-refractivity contribution in [3.05, 3.63) is 35.6 Å². The topological polar surface area (TPSA) is 68.5 Å². The number of furan rings is 1. The normalized spacial score (nSPS) is 12.1. The lowest BCUT2D eigenvalue weighted by Gasteiger charge is -2.13. The number of rotatable bonds is 8. The summed E-state index contributed by atoms with van der Waals surface area (Å²) in [6.45, 7) is 5.60. The average Bonchev–Trinajstić information content (AvgIpc) is 2.90. The Balaban J connectivity index is 1.86. The zero-order valence-corrected chi connectivity index (χ0v) is 14.6. The molecular formula is C19H25NO4. The summed E-state index contributed by atoms with van der Waals surface area (Å²) in [7, 11) is 0. The fourth-order valence-corrected chi connectivity index (χ4v) is 2.65. The number of benzene rings is 1. The van der Waals surface area contributed by atoms with Gasteiger partial charge in [-0.15, -0.1) is 0 Å². The number of amides is 1. The molecule has 1 amide bonds. The predicted octanol–water partition coefficient (Wildman–Crippen LogP) is 3.98. The number of esters is 1. The van der Waals surface area contributed by atoms with Crippen molar-refractivity contribution >= 4 is 22.8 Å². The van der Waals surface area contributed by atoms with E-state index >= 15 is 0 Å². The summed E-state index contributed by atoms with van der Waals surface area (Å²) >= 11 is 0. The van der Waals surface area contributed by atoms with Gasteiger partial charge >= 0.3 is 5.97 Å². The molecule has 0 aliphatic carbocycles. The van der Waals surface area contributed by atoms with E-state index in [1.54, 1.807) is 13.0 Å². The quantitative estimate of drug-likeness (QED) is 0.587. The third-order valence-corrected chi connectivity index (χ3v) is 4.01. The molecule has 1 aromatic carbocycles. The van der Waals surface area contributed by atoms with E-state index in [4.69, 9.17) is 9.15 Å². The molecule has 0 saturated carbocycles. The third-order valence-electron chi connectivity index (χ3n) is 4.01. The Morgan fingerprint density at radius 1 is 1.25 bits per heavy atom. The Labute approximate surface area is 142 Å². The highest BCUT2D eigenvalue weighted by molar-refractivity contribution is 5.96. The zero-order chi connectivity index (χ0) is 17.5. The number of aryl methyl sites for hydroxylation is 1. The zero-order valence-electron chi connectivity index (χ0n) is 14.6. The highest BCUT2D eigenvalue weighted by Gasteiger charge is 2.20.